The van der Waals surface area contributed by atoms with Crippen LogP contribution in [-0.4, -0.2) is 71.2 Å². The van der Waals surface area contributed by atoms with Gasteiger partial charge in [0.25, 0.3) is 0 Å². The molecule has 3 heterocycles. The lowest BCUT2D eigenvalue weighted by Gasteiger charge is -2.18. The molecule has 3 aromatic rings. The van der Waals surface area contributed by atoms with Crippen LogP contribution < -0.4 is 30.7 Å². The van der Waals surface area contributed by atoms with Crippen LogP contribution in [0, 0.1) is 0 Å². The highest BCUT2D eigenvalue weighted by atomic mass is 32.2. The van der Waals surface area contributed by atoms with Gasteiger partial charge in [-0.3, -0.25) is 0 Å². The predicted octanol–water partition coefficient (Wildman–Crippen LogP) is 3.16. The van der Waals surface area contributed by atoms with E-state index in [1.807, 2.05) is 31.1 Å². The third-order valence-electron chi connectivity index (χ3n) is 5.95. The number of ether oxygens (including phenoxy) is 2. The van der Waals surface area contributed by atoms with E-state index in [1.54, 1.807) is 11.8 Å². The largest absolute Gasteiger partial charge is 0.465 e. The number of rotatable bonds is 14. The van der Waals surface area contributed by atoms with E-state index in [1.165, 1.54) is 6.33 Å². The Hall–Kier alpha value is -3.45. The topological polar surface area (TPSA) is 153 Å². The highest BCUT2D eigenvalue weighted by molar-refractivity contribution is 7.99. The molecule has 0 atom stereocenters. The second kappa shape index (κ2) is 12.7. The first-order valence-electron chi connectivity index (χ1n) is 12.4. The quantitative estimate of drug-likeness (QED) is 0.227. The zero-order chi connectivity index (χ0) is 26.2. The first-order valence-corrected chi connectivity index (χ1v) is 13.2. The Kier molecular flexibility index (Phi) is 9.12. The lowest BCUT2D eigenvalue weighted by atomic mass is 10.2. The Bertz CT molecular complexity index is 1220. The average Bonchev–Trinajstić information content (AvgIpc) is 3.46. The molecule has 13 heteroatoms. The minimum atomic E-state index is -0.961. The number of amides is 1. The molecule has 1 aromatic carbocycles. The van der Waals surface area contributed by atoms with Gasteiger partial charge in [-0.25, -0.2) is 19.7 Å². The molecule has 2 aromatic heterocycles. The van der Waals surface area contributed by atoms with Crippen LogP contribution in [-0.2, 0) is 6.54 Å². The Morgan fingerprint density at radius 1 is 1.11 bits per heavy atom. The van der Waals surface area contributed by atoms with Crippen LogP contribution in [0.2, 0.25) is 0 Å². The molecule has 0 aliphatic carbocycles. The van der Waals surface area contributed by atoms with Crippen molar-refractivity contribution in [3.63, 3.8) is 0 Å². The van der Waals surface area contributed by atoms with Gasteiger partial charge >= 0.3 is 6.09 Å². The van der Waals surface area contributed by atoms with Crippen LogP contribution in [0.15, 0.2) is 28.5 Å². The van der Waals surface area contributed by atoms with Crippen molar-refractivity contribution in [1.29, 1.82) is 0 Å². The monoisotopic (exact) mass is 530 g/mol. The van der Waals surface area contributed by atoms with Gasteiger partial charge in [0, 0.05) is 44.2 Å². The van der Waals surface area contributed by atoms with Crippen molar-refractivity contribution < 1.29 is 19.4 Å². The maximum absolute atomic E-state index is 10.5. The third-order valence-corrected chi connectivity index (χ3v) is 7.00. The van der Waals surface area contributed by atoms with Crippen molar-refractivity contribution in [2.75, 3.05) is 51.2 Å². The van der Waals surface area contributed by atoms with Gasteiger partial charge in [-0.15, -0.1) is 0 Å². The molecule has 4 rings (SSSR count). The van der Waals surface area contributed by atoms with E-state index in [-0.39, 0.29) is 6.79 Å². The maximum Gasteiger partial charge on any atom is 0.404 e. The van der Waals surface area contributed by atoms with E-state index in [9.17, 15) is 4.79 Å². The Morgan fingerprint density at radius 3 is 2.59 bits per heavy atom. The second-order valence-electron chi connectivity index (χ2n) is 8.90. The number of anilines is 2. The molecule has 200 valence electrons. The maximum atomic E-state index is 10.5. The summed E-state index contributed by atoms with van der Waals surface area (Å²) >= 11 is 1.54. The van der Waals surface area contributed by atoms with Crippen LogP contribution >= 0.6 is 11.8 Å². The number of carboxylic acid groups (broad SMARTS) is 1. The summed E-state index contributed by atoms with van der Waals surface area (Å²) in [7, 11) is 3.99. The van der Waals surface area contributed by atoms with Gasteiger partial charge in [0.05, 0.1) is 5.69 Å². The van der Waals surface area contributed by atoms with E-state index >= 15 is 0 Å². The molecule has 0 saturated carbocycles. The van der Waals surface area contributed by atoms with E-state index in [2.05, 4.69) is 25.2 Å². The average molecular weight is 531 g/mol. The number of unbranched alkanes of at least 4 members (excludes halogenated alkanes) is 3. The summed E-state index contributed by atoms with van der Waals surface area (Å²) in [6.07, 6.45) is 5.42. The number of nitrogen functional groups attached to an aromatic ring is 1. The number of nitrogens with zero attached hydrogens (tertiary/aromatic N) is 5. The van der Waals surface area contributed by atoms with Crippen LogP contribution in [0.1, 0.15) is 32.1 Å². The van der Waals surface area contributed by atoms with Crippen LogP contribution in [0.3, 0.4) is 0 Å². The summed E-state index contributed by atoms with van der Waals surface area (Å²) in [5.74, 6) is 1.82. The zero-order valence-corrected chi connectivity index (χ0v) is 22.0. The number of nitrogens with one attached hydrogen (secondary N) is 2. The number of aryl methyl sites for hydroxylation is 1. The Morgan fingerprint density at radius 2 is 1.84 bits per heavy atom. The van der Waals surface area contributed by atoms with Crippen LogP contribution in [0.4, 0.5) is 16.3 Å². The highest BCUT2D eigenvalue weighted by Crippen LogP contribution is 2.44. The van der Waals surface area contributed by atoms with Gasteiger partial charge in [-0.1, -0.05) is 12.8 Å². The molecule has 0 saturated heterocycles. The molecular formula is C24H34N8O4S. The standard InChI is InChI=1S/C24H34N8O4S/c1-31(2)16-12-17-18(36-15-35-17)13-19(16)37-23-30-20-21(25)28-14-29-22(20)32(23)11-7-9-26-8-5-3-4-6-10-27-24(33)34/h12-14,26-27H,3-11,15H2,1-2H3,(H,33,34)(H2,25,28,29). The molecule has 37 heavy (non-hydrogen) atoms. The van der Waals surface area contributed by atoms with Crippen LogP contribution in [0.5, 0.6) is 11.5 Å². The molecule has 0 radical (unpaired) electrons. The number of fused-ring (bicyclic) bond motifs is 2. The number of hydrogen-bond donors (Lipinski definition) is 4. The van der Waals surface area contributed by atoms with Gasteiger partial charge in [-0.05, 0) is 44.1 Å². The highest BCUT2D eigenvalue weighted by Gasteiger charge is 2.22. The second-order valence-corrected chi connectivity index (χ2v) is 9.91. The summed E-state index contributed by atoms with van der Waals surface area (Å²) in [5, 5.41) is 15.3. The fraction of sp³-hybridized carbons (Fsp3) is 0.500. The number of aromatic nitrogens is 4. The molecule has 0 bridgehead atoms. The summed E-state index contributed by atoms with van der Waals surface area (Å²) in [6, 6.07) is 3.97. The molecule has 1 aliphatic heterocycles. The first-order chi connectivity index (χ1) is 17.9. The van der Waals surface area contributed by atoms with E-state index in [0.29, 0.717) is 17.9 Å². The SMILES string of the molecule is CN(C)c1cc2c(cc1Sc1nc3c(N)ncnc3n1CCCNCCCCCCNC(=O)O)OCO2. The van der Waals surface area contributed by atoms with Crippen molar-refractivity contribution in [2.45, 2.75) is 48.7 Å². The smallest absolute Gasteiger partial charge is 0.404 e. The minimum absolute atomic E-state index is 0.218. The van der Waals surface area contributed by atoms with E-state index < -0.39 is 6.09 Å². The van der Waals surface area contributed by atoms with E-state index in [4.69, 9.17) is 25.3 Å². The summed E-state index contributed by atoms with van der Waals surface area (Å²) in [5.41, 5.74) is 8.45. The fourth-order valence-corrected chi connectivity index (χ4v) is 5.20. The van der Waals surface area contributed by atoms with Gasteiger partial charge < -0.3 is 40.4 Å². The van der Waals surface area contributed by atoms with Gasteiger partial charge in [-0.2, -0.15) is 0 Å². The number of carbonyl (C=O) groups is 1. The lowest BCUT2D eigenvalue weighted by molar-refractivity contribution is 0.174. The zero-order valence-electron chi connectivity index (χ0n) is 21.2. The summed E-state index contributed by atoms with van der Waals surface area (Å²) in [4.78, 5) is 26.9. The van der Waals surface area contributed by atoms with E-state index in [0.717, 1.165) is 84.6 Å². The number of imidazole rings is 1. The van der Waals surface area contributed by atoms with Crippen molar-refractivity contribution in [3.8, 4) is 11.5 Å². The molecule has 5 N–H and O–H groups in total. The number of nitrogens with two attached hydrogens (primary N) is 1. The molecule has 12 nitrogen and oxygen atoms in total. The summed E-state index contributed by atoms with van der Waals surface area (Å²) in [6.45, 7) is 3.24. The molecule has 1 amide bonds. The van der Waals surface area contributed by atoms with Crippen LogP contribution in [0.25, 0.3) is 11.2 Å². The van der Waals surface area contributed by atoms with Gasteiger partial charge in [0.1, 0.15) is 6.33 Å². The molecule has 1 aliphatic rings. The lowest BCUT2D eigenvalue weighted by Crippen LogP contribution is -2.21. The predicted molar refractivity (Wildman–Crippen MR) is 143 cm³/mol. The first kappa shape index (κ1) is 26.6. The molecular weight excluding hydrogens is 496 g/mol. The molecule has 0 spiro atoms. The van der Waals surface area contributed by atoms with Crippen molar-refractivity contribution in [1.82, 2.24) is 30.2 Å². The molecule has 0 fully saturated rings. The van der Waals surface area contributed by atoms with Crippen molar-refractivity contribution in [3.05, 3.63) is 18.5 Å². The third kappa shape index (κ3) is 6.86. The number of hydrogen-bond acceptors (Lipinski definition) is 10. The van der Waals surface area contributed by atoms with Gasteiger partial charge in [0.2, 0.25) is 6.79 Å². The Balaban J connectivity index is 1.37. The Labute approximate surface area is 219 Å². The van der Waals surface area contributed by atoms with Crippen molar-refractivity contribution in [2.24, 2.45) is 0 Å². The normalized spacial score (nSPS) is 12.3. The summed E-state index contributed by atoms with van der Waals surface area (Å²) < 4.78 is 13.3. The number of benzene rings is 1. The minimum Gasteiger partial charge on any atom is -0.465 e. The van der Waals surface area contributed by atoms with Crippen molar-refractivity contribution >= 4 is 40.5 Å². The fourth-order valence-electron chi connectivity index (χ4n) is 4.07. The van der Waals surface area contributed by atoms with Gasteiger partial charge in [0.15, 0.2) is 33.6 Å². The molecule has 0 unspecified atom stereocenters.